The number of benzene rings is 2. The van der Waals surface area contributed by atoms with Crippen molar-refractivity contribution in [2.75, 3.05) is 0 Å². The van der Waals surface area contributed by atoms with Crippen LogP contribution in [0.4, 0.5) is 0 Å². The molecule has 0 unspecified atom stereocenters. The van der Waals surface area contributed by atoms with Crippen molar-refractivity contribution in [3.05, 3.63) is 181 Å². The van der Waals surface area contributed by atoms with Crippen LogP contribution >= 0.6 is 24.4 Å². The van der Waals surface area contributed by atoms with E-state index in [0.717, 1.165) is 0 Å². The molecule has 2 saturated carbocycles. The second-order valence-corrected chi connectivity index (χ2v) is 19.9. The molecular formula is C32H26Br2Zr+2. The van der Waals surface area contributed by atoms with E-state index in [4.69, 9.17) is 0 Å². The first-order valence-corrected chi connectivity index (χ1v) is 22.7. The Bertz CT molecular complexity index is 1010. The molecule has 170 valence electrons. The average molecular weight is 662 g/mol. The van der Waals surface area contributed by atoms with Gasteiger partial charge in [-0.2, -0.15) is 0 Å². The molecule has 35 heavy (non-hydrogen) atoms. The summed E-state index contributed by atoms with van der Waals surface area (Å²) in [5.74, 6) is 7.89. The van der Waals surface area contributed by atoms with E-state index < -0.39 is 0 Å². The molecule has 4 aliphatic rings. The van der Waals surface area contributed by atoms with Crippen molar-refractivity contribution in [1.82, 2.24) is 0 Å². The van der Waals surface area contributed by atoms with Crippen LogP contribution in [0.5, 0.6) is 0 Å². The minimum absolute atomic E-state index is 0.145. The summed E-state index contributed by atoms with van der Waals surface area (Å²) in [6, 6.07) is 17.2. The van der Waals surface area contributed by atoms with Gasteiger partial charge in [0.15, 0.2) is 0 Å². The third kappa shape index (κ3) is 7.62. The smallest absolute Gasteiger partial charge is 0.0137 e. The molecule has 2 aromatic rings. The summed E-state index contributed by atoms with van der Waals surface area (Å²) in [4.78, 5) is 0. The van der Waals surface area contributed by atoms with Crippen molar-refractivity contribution in [2.24, 2.45) is 0 Å². The van der Waals surface area contributed by atoms with Gasteiger partial charge in [0.25, 0.3) is 0 Å². The minimum atomic E-state index is -0.145. The molecule has 2 fully saturated rings. The molecule has 0 N–H and O–H groups in total. The number of aryl methyl sites for hydroxylation is 2. The van der Waals surface area contributed by atoms with Crippen LogP contribution < -0.4 is 0 Å². The topological polar surface area (TPSA) is 0 Å². The van der Waals surface area contributed by atoms with Crippen molar-refractivity contribution in [3.63, 3.8) is 0 Å². The minimum Gasteiger partial charge on any atom is -0.0762 e. The quantitative estimate of drug-likeness (QED) is 0.302. The van der Waals surface area contributed by atoms with E-state index in [9.17, 15) is 0 Å². The monoisotopic (exact) mass is 658 g/mol. The summed E-state index contributed by atoms with van der Waals surface area (Å²) >= 11 is 6.32. The Labute approximate surface area is 235 Å². The van der Waals surface area contributed by atoms with E-state index in [1.54, 1.807) is 0 Å². The van der Waals surface area contributed by atoms with Crippen LogP contribution in [0, 0.1) is 75.0 Å². The Morgan fingerprint density at radius 2 is 0.857 bits per heavy atom. The molecule has 0 amide bonds. The van der Waals surface area contributed by atoms with Gasteiger partial charge in [0.2, 0.25) is 0 Å². The fraction of sp³-hybridized carbons (Fsp3) is 0.0625. The Hall–Kier alpha value is -0.757. The van der Waals surface area contributed by atoms with Gasteiger partial charge in [-0.15, -0.1) is 0 Å². The van der Waals surface area contributed by atoms with E-state index >= 15 is 0 Å². The van der Waals surface area contributed by atoms with Crippen molar-refractivity contribution in [2.45, 2.75) is 13.8 Å². The molecule has 0 aromatic heterocycles. The molecule has 0 heterocycles. The van der Waals surface area contributed by atoms with E-state index in [2.05, 4.69) is 155 Å². The van der Waals surface area contributed by atoms with Crippen molar-refractivity contribution >= 4 is 24.4 Å². The maximum Gasteiger partial charge on any atom is 0.0137 e. The van der Waals surface area contributed by atoms with Gasteiger partial charge in [-0.25, -0.2) is 0 Å². The van der Waals surface area contributed by atoms with Crippen LogP contribution in [0.3, 0.4) is 0 Å². The third-order valence-electron chi connectivity index (χ3n) is 5.90. The zero-order valence-electron chi connectivity index (χ0n) is 19.8. The van der Waals surface area contributed by atoms with Gasteiger partial charge in [0.1, 0.15) is 0 Å². The van der Waals surface area contributed by atoms with Gasteiger partial charge in [0, 0.05) is 35.5 Å². The van der Waals surface area contributed by atoms with E-state index in [0.29, 0.717) is 0 Å². The predicted molar refractivity (Wildman–Crippen MR) is 152 cm³/mol. The van der Waals surface area contributed by atoms with Crippen LogP contribution in [-0.2, 0) is 18.5 Å². The fourth-order valence-electron chi connectivity index (χ4n) is 4.41. The summed E-state index contributed by atoms with van der Waals surface area (Å²) in [6.45, 7) is 4.30. The number of allylic oxidation sites excluding steroid dienone is 8. The molecule has 10 radical (unpaired) electrons. The van der Waals surface area contributed by atoms with Crippen molar-refractivity contribution in [3.8, 4) is 0 Å². The second kappa shape index (κ2) is 13.7. The van der Waals surface area contributed by atoms with Crippen molar-refractivity contribution in [1.29, 1.82) is 0 Å². The molecule has 0 bridgehead atoms. The first-order chi connectivity index (χ1) is 17.1. The van der Waals surface area contributed by atoms with Gasteiger partial charge in [0.05, 0.1) is 0 Å². The zero-order chi connectivity index (χ0) is 24.6. The number of fused-ring (bicyclic) bond motifs is 2. The summed E-state index contributed by atoms with van der Waals surface area (Å²) < 4.78 is 0. The second-order valence-electron chi connectivity index (χ2n) is 8.56. The van der Waals surface area contributed by atoms with Gasteiger partial charge >= 0.3 is 43.0 Å². The molecule has 0 atom stereocenters. The van der Waals surface area contributed by atoms with Gasteiger partial charge < -0.3 is 0 Å². The number of hydrogen-bond acceptors (Lipinski definition) is 0. The Balaban J connectivity index is 0.000000150. The van der Waals surface area contributed by atoms with Gasteiger partial charge in [-0.1, -0.05) is 108 Å². The first kappa shape index (κ1) is 27.3. The van der Waals surface area contributed by atoms with Crippen LogP contribution in [0.25, 0.3) is 0 Å². The molecule has 3 heteroatoms. The standard InChI is InChI=1S/C17H15.C15H11.2BrH.Zr/c1-12-7-13(2)9-16(8-12)17-10-14-5-3-4-6-15(14)11-17;1-2-6-12(7-3-1)15-10-13-8-4-5-9-14(13)11-15;;;/h3-11H,1-2H3;1-11H;2*1H;/q;;;;+4/p-2. The zero-order valence-corrected chi connectivity index (χ0v) is 25.4. The molecule has 0 nitrogen and oxygen atoms in total. The van der Waals surface area contributed by atoms with Crippen LogP contribution in [0.1, 0.15) is 22.3 Å². The molecule has 6 rings (SSSR count). The molecule has 2 aromatic carbocycles. The maximum absolute atomic E-state index is 3.23. The maximum atomic E-state index is 3.23. The van der Waals surface area contributed by atoms with Gasteiger partial charge in [-0.05, 0) is 50.7 Å². The van der Waals surface area contributed by atoms with E-state index in [1.807, 2.05) is 6.07 Å². The molecular weight excluding hydrogens is 635 g/mol. The predicted octanol–water partition coefficient (Wildman–Crippen LogP) is 8.92. The summed E-state index contributed by atoms with van der Waals surface area (Å²) in [6.07, 6.45) is 26.0. The number of rotatable bonds is 2. The Morgan fingerprint density at radius 1 is 0.486 bits per heavy atom. The molecule has 0 aliphatic heterocycles. The molecule has 0 spiro atoms. The van der Waals surface area contributed by atoms with E-state index in [1.165, 1.54) is 57.8 Å². The van der Waals surface area contributed by atoms with E-state index in [-0.39, 0.29) is 18.5 Å². The van der Waals surface area contributed by atoms with Crippen LogP contribution in [0.2, 0.25) is 0 Å². The summed E-state index contributed by atoms with van der Waals surface area (Å²) in [7, 11) is 0. The van der Waals surface area contributed by atoms with Crippen LogP contribution in [-0.4, -0.2) is 0 Å². The number of halogens is 2. The first-order valence-electron chi connectivity index (χ1n) is 11.5. The molecule has 0 saturated heterocycles. The normalized spacial score (nSPS) is 20.0. The summed E-state index contributed by atoms with van der Waals surface area (Å²) in [5.41, 5.74) is 5.25. The van der Waals surface area contributed by atoms with Gasteiger partial charge in [-0.3, -0.25) is 0 Å². The third-order valence-corrected chi connectivity index (χ3v) is 5.90. The molecule has 4 aliphatic carbocycles. The largest absolute Gasteiger partial charge is 0.0762 e. The fourth-order valence-corrected chi connectivity index (χ4v) is 4.41. The Morgan fingerprint density at radius 3 is 1.26 bits per heavy atom. The van der Waals surface area contributed by atoms with Crippen LogP contribution in [0.15, 0.2) is 97.1 Å². The SMILES string of the molecule is Cc1cc(C)cc([C]2[CH][C]3C=CC=C[C]3[CH]2)c1.[Br][Zr+2][Br].[CH]1[C]2C=CC=C[C]2[CH][C]1c1ccccc1. The Kier molecular flexibility index (Phi) is 10.7. The summed E-state index contributed by atoms with van der Waals surface area (Å²) in [5, 5.41) is 0. The number of hydrogen-bond donors (Lipinski definition) is 0. The van der Waals surface area contributed by atoms with Crippen molar-refractivity contribution < 1.29 is 18.5 Å². The average Bonchev–Trinajstić information content (AvgIpc) is 3.50.